The lowest BCUT2D eigenvalue weighted by molar-refractivity contribution is -0.141. The van der Waals surface area contributed by atoms with Gasteiger partial charge < -0.3 is 5.21 Å². The van der Waals surface area contributed by atoms with E-state index < -0.39 is 27.8 Å². The van der Waals surface area contributed by atoms with E-state index in [9.17, 15) is 13.2 Å². The molecule has 0 fully saturated rings. The SMILES string of the molecule is O/N=C(\Cl)c1c(C(F)(F)F)nn(-c2ccc(Cl)cc2)c1Cl. The van der Waals surface area contributed by atoms with Gasteiger partial charge in [-0.3, -0.25) is 0 Å². The Kier molecular flexibility index (Phi) is 4.36. The van der Waals surface area contributed by atoms with Gasteiger partial charge in [-0.15, -0.1) is 0 Å². The van der Waals surface area contributed by atoms with E-state index in [1.165, 1.54) is 24.3 Å². The Morgan fingerprint density at radius 3 is 2.24 bits per heavy atom. The first-order valence-corrected chi connectivity index (χ1v) is 6.38. The predicted octanol–water partition coefficient (Wildman–Crippen LogP) is 4.57. The van der Waals surface area contributed by atoms with E-state index in [-0.39, 0.29) is 5.69 Å². The van der Waals surface area contributed by atoms with Gasteiger partial charge in [0.15, 0.2) is 10.9 Å². The highest BCUT2D eigenvalue weighted by molar-refractivity contribution is 6.70. The Labute approximate surface area is 131 Å². The molecule has 0 unspecified atom stereocenters. The Morgan fingerprint density at radius 2 is 1.76 bits per heavy atom. The molecule has 0 spiro atoms. The number of rotatable bonds is 2. The molecule has 0 aliphatic carbocycles. The summed E-state index contributed by atoms with van der Waals surface area (Å²) < 4.78 is 39.7. The summed E-state index contributed by atoms with van der Waals surface area (Å²) >= 11 is 17.1. The molecule has 0 aliphatic rings. The topological polar surface area (TPSA) is 50.4 Å². The lowest BCUT2D eigenvalue weighted by atomic mass is 10.2. The zero-order chi connectivity index (χ0) is 15.8. The minimum Gasteiger partial charge on any atom is -0.410 e. The molecular formula is C11H5Cl3F3N3O. The molecular weight excluding hydrogens is 353 g/mol. The number of alkyl halides is 3. The largest absolute Gasteiger partial charge is 0.435 e. The second kappa shape index (κ2) is 5.75. The highest BCUT2D eigenvalue weighted by Crippen LogP contribution is 2.36. The maximum atomic E-state index is 13.0. The highest BCUT2D eigenvalue weighted by atomic mass is 35.5. The Bertz CT molecular complexity index is 695. The molecule has 21 heavy (non-hydrogen) atoms. The number of hydrogen-bond donors (Lipinski definition) is 1. The molecule has 1 aromatic heterocycles. The second-order valence-corrected chi connectivity index (χ2v) is 4.94. The third-order valence-corrected chi connectivity index (χ3v) is 3.33. The van der Waals surface area contributed by atoms with Crippen LogP contribution in [0.3, 0.4) is 0 Å². The van der Waals surface area contributed by atoms with Gasteiger partial charge in [0.2, 0.25) is 0 Å². The first kappa shape index (κ1) is 15.9. The van der Waals surface area contributed by atoms with Crippen LogP contribution in [0, 0.1) is 0 Å². The van der Waals surface area contributed by atoms with Crippen molar-refractivity contribution < 1.29 is 18.4 Å². The van der Waals surface area contributed by atoms with Crippen LogP contribution in [0.25, 0.3) is 5.69 Å². The summed E-state index contributed by atoms with van der Waals surface area (Å²) in [5.74, 6) is 0. The van der Waals surface area contributed by atoms with Gasteiger partial charge in [0.1, 0.15) is 5.15 Å². The third-order valence-electron chi connectivity index (χ3n) is 2.46. The summed E-state index contributed by atoms with van der Waals surface area (Å²) in [7, 11) is 0. The molecule has 1 N–H and O–H groups in total. The average Bonchev–Trinajstić information content (AvgIpc) is 2.76. The first-order valence-electron chi connectivity index (χ1n) is 5.25. The van der Waals surface area contributed by atoms with E-state index in [1.54, 1.807) is 0 Å². The average molecular weight is 359 g/mol. The first-order chi connectivity index (χ1) is 9.75. The summed E-state index contributed by atoms with van der Waals surface area (Å²) in [6, 6.07) is 5.78. The molecule has 4 nitrogen and oxygen atoms in total. The van der Waals surface area contributed by atoms with E-state index in [0.29, 0.717) is 5.02 Å². The molecule has 0 atom stereocenters. The fraction of sp³-hybridized carbons (Fsp3) is 0.0909. The van der Waals surface area contributed by atoms with E-state index in [2.05, 4.69) is 10.3 Å². The van der Waals surface area contributed by atoms with Crippen LogP contribution >= 0.6 is 34.8 Å². The van der Waals surface area contributed by atoms with Gasteiger partial charge in [-0.1, -0.05) is 40.0 Å². The van der Waals surface area contributed by atoms with Crippen molar-refractivity contribution in [1.82, 2.24) is 9.78 Å². The van der Waals surface area contributed by atoms with Crippen molar-refractivity contribution in [2.75, 3.05) is 0 Å². The maximum absolute atomic E-state index is 13.0. The van der Waals surface area contributed by atoms with E-state index >= 15 is 0 Å². The Balaban J connectivity index is 2.70. The monoisotopic (exact) mass is 357 g/mol. The molecule has 2 rings (SSSR count). The minimum absolute atomic E-state index is 0.239. The maximum Gasteiger partial charge on any atom is 0.435 e. The molecule has 0 radical (unpaired) electrons. The molecule has 0 saturated heterocycles. The molecule has 1 aromatic carbocycles. The van der Waals surface area contributed by atoms with Gasteiger partial charge >= 0.3 is 6.18 Å². The van der Waals surface area contributed by atoms with Gasteiger partial charge in [0.25, 0.3) is 0 Å². The van der Waals surface area contributed by atoms with Crippen LogP contribution < -0.4 is 0 Å². The van der Waals surface area contributed by atoms with Crippen molar-refractivity contribution >= 4 is 40.0 Å². The standard InChI is InChI=1S/C11H5Cl3F3N3O/c12-5-1-3-6(4-2-5)20-10(14)7(9(13)19-21)8(18-20)11(15,16)17/h1-4,21H/b19-9-. The summed E-state index contributed by atoms with van der Waals surface area (Å²) in [5, 5.41) is 13.7. The summed E-state index contributed by atoms with van der Waals surface area (Å²) in [6.45, 7) is 0. The van der Waals surface area contributed by atoms with Crippen molar-refractivity contribution in [2.45, 2.75) is 6.18 Å². The van der Waals surface area contributed by atoms with Crippen molar-refractivity contribution in [1.29, 1.82) is 0 Å². The quantitative estimate of drug-likeness (QED) is 0.485. The highest BCUT2D eigenvalue weighted by Gasteiger charge is 2.40. The summed E-state index contributed by atoms with van der Waals surface area (Å²) in [5.41, 5.74) is -1.82. The van der Waals surface area contributed by atoms with Gasteiger partial charge in [-0.2, -0.15) is 18.3 Å². The van der Waals surface area contributed by atoms with Crippen LogP contribution in [0.15, 0.2) is 29.4 Å². The Hall–Kier alpha value is -1.44. The normalized spacial score (nSPS) is 12.8. The van der Waals surface area contributed by atoms with Crippen LogP contribution in [0.2, 0.25) is 10.2 Å². The number of halogens is 6. The zero-order valence-corrected chi connectivity index (χ0v) is 12.1. The molecule has 112 valence electrons. The fourth-order valence-electron chi connectivity index (χ4n) is 1.58. The van der Waals surface area contributed by atoms with Crippen LogP contribution in [-0.2, 0) is 6.18 Å². The Morgan fingerprint density at radius 1 is 1.19 bits per heavy atom. The molecule has 0 bridgehead atoms. The van der Waals surface area contributed by atoms with E-state index in [1.807, 2.05) is 0 Å². The summed E-state index contributed by atoms with van der Waals surface area (Å²) in [6.07, 6.45) is -4.82. The molecule has 1 heterocycles. The molecule has 2 aromatic rings. The molecule has 0 aliphatic heterocycles. The van der Waals surface area contributed by atoms with Gasteiger partial charge in [-0.05, 0) is 24.3 Å². The predicted molar refractivity (Wildman–Crippen MR) is 72.8 cm³/mol. The zero-order valence-electron chi connectivity index (χ0n) is 9.87. The van der Waals surface area contributed by atoms with E-state index in [4.69, 9.17) is 40.0 Å². The van der Waals surface area contributed by atoms with Crippen LogP contribution in [0.5, 0.6) is 0 Å². The van der Waals surface area contributed by atoms with Crippen LogP contribution in [0.1, 0.15) is 11.3 Å². The molecule has 10 heteroatoms. The second-order valence-electron chi connectivity index (χ2n) is 3.79. The van der Waals surface area contributed by atoms with Crippen LogP contribution in [0.4, 0.5) is 13.2 Å². The van der Waals surface area contributed by atoms with Crippen molar-refractivity contribution in [3.63, 3.8) is 0 Å². The number of nitrogens with zero attached hydrogens (tertiary/aromatic N) is 3. The van der Waals surface area contributed by atoms with Crippen LogP contribution in [-0.4, -0.2) is 20.2 Å². The van der Waals surface area contributed by atoms with Crippen molar-refractivity contribution in [2.24, 2.45) is 5.16 Å². The van der Waals surface area contributed by atoms with Gasteiger partial charge in [0, 0.05) is 5.02 Å². The van der Waals surface area contributed by atoms with Crippen molar-refractivity contribution in [3.05, 3.63) is 45.7 Å². The number of oxime groups is 1. The van der Waals surface area contributed by atoms with E-state index in [0.717, 1.165) is 4.68 Å². The molecule has 0 amide bonds. The lowest BCUT2D eigenvalue weighted by Crippen LogP contribution is -2.11. The smallest absolute Gasteiger partial charge is 0.410 e. The van der Waals surface area contributed by atoms with Gasteiger partial charge in [-0.25, -0.2) is 4.68 Å². The minimum atomic E-state index is -4.82. The van der Waals surface area contributed by atoms with Crippen molar-refractivity contribution in [3.8, 4) is 5.69 Å². The summed E-state index contributed by atoms with van der Waals surface area (Å²) in [4.78, 5) is 0. The molecule has 0 saturated carbocycles. The fourth-order valence-corrected chi connectivity index (χ4v) is 2.25. The van der Waals surface area contributed by atoms with Gasteiger partial charge in [0.05, 0.1) is 11.3 Å². The third kappa shape index (κ3) is 3.09. The lowest BCUT2D eigenvalue weighted by Gasteiger charge is -2.03. The number of hydrogen-bond acceptors (Lipinski definition) is 3. The number of benzene rings is 1. The number of aromatic nitrogens is 2.